The molecule has 2 heterocycles. The quantitative estimate of drug-likeness (QED) is 0.406. The zero-order valence-electron chi connectivity index (χ0n) is 20.1. The number of carbonyl (C=O) groups is 2. The third-order valence-electron chi connectivity index (χ3n) is 5.29. The lowest BCUT2D eigenvalue weighted by atomic mass is 10.1. The summed E-state index contributed by atoms with van der Waals surface area (Å²) >= 11 is 0. The molecule has 0 atom stereocenters. The number of carbonyl (C=O) groups excluding carboxylic acids is 2. The number of rotatable bonds is 6. The highest BCUT2D eigenvalue weighted by Crippen LogP contribution is 2.31. The molecule has 4 rings (SSSR count). The number of methoxy groups -OCH3 is 1. The second kappa shape index (κ2) is 11.1. The fourth-order valence-electron chi connectivity index (χ4n) is 3.39. The van der Waals surface area contributed by atoms with E-state index in [-0.39, 0.29) is 18.4 Å². The normalized spacial score (nSPS) is 10.3. The Labute approximate surface area is 208 Å². The number of amides is 2. The van der Waals surface area contributed by atoms with Crippen LogP contribution in [0.1, 0.15) is 15.9 Å². The van der Waals surface area contributed by atoms with E-state index in [0.717, 1.165) is 10.9 Å². The molecular weight excluding hydrogens is 456 g/mol. The number of ether oxygens (including phenoxy) is 2. The van der Waals surface area contributed by atoms with E-state index in [4.69, 9.17) is 9.47 Å². The first-order chi connectivity index (χ1) is 17.4. The minimum Gasteiger partial charge on any atom is -0.457 e. The van der Waals surface area contributed by atoms with Crippen molar-refractivity contribution in [2.45, 2.75) is 6.92 Å². The van der Waals surface area contributed by atoms with Gasteiger partial charge in [0.05, 0.1) is 5.52 Å². The molecule has 4 aromatic rings. The maximum absolute atomic E-state index is 12.6. The second-order valence-corrected chi connectivity index (χ2v) is 7.91. The monoisotopic (exact) mass is 480 g/mol. The summed E-state index contributed by atoms with van der Waals surface area (Å²) in [7, 11) is 3.17. The molecule has 8 heteroatoms. The van der Waals surface area contributed by atoms with Crippen LogP contribution in [0.3, 0.4) is 0 Å². The second-order valence-electron chi connectivity index (χ2n) is 7.91. The number of aromatic nitrogens is 2. The van der Waals surface area contributed by atoms with Crippen LogP contribution in [0.4, 0.5) is 11.5 Å². The van der Waals surface area contributed by atoms with Gasteiger partial charge < -0.3 is 19.7 Å². The van der Waals surface area contributed by atoms with Crippen molar-refractivity contribution in [2.75, 3.05) is 31.0 Å². The van der Waals surface area contributed by atoms with Gasteiger partial charge in [0, 0.05) is 43.2 Å². The van der Waals surface area contributed by atoms with Crippen molar-refractivity contribution in [3.05, 3.63) is 84.2 Å². The SMILES string of the molecule is COCC#CC(=O)N(C)c1ccc2nccc(Oc3ccc(C(=O)Nc4cc(C)ccn4)cc3)c2c1. The van der Waals surface area contributed by atoms with Crippen molar-refractivity contribution in [1.29, 1.82) is 0 Å². The molecule has 2 aromatic heterocycles. The molecule has 0 saturated carbocycles. The average molecular weight is 481 g/mol. The Bertz CT molecular complexity index is 1470. The Morgan fingerprint density at radius 2 is 1.78 bits per heavy atom. The summed E-state index contributed by atoms with van der Waals surface area (Å²) in [6.07, 6.45) is 3.30. The highest BCUT2D eigenvalue weighted by molar-refractivity contribution is 6.06. The molecule has 0 unspecified atom stereocenters. The van der Waals surface area contributed by atoms with Crippen LogP contribution in [0.15, 0.2) is 73.1 Å². The van der Waals surface area contributed by atoms with E-state index in [1.54, 1.807) is 61.9 Å². The molecule has 36 heavy (non-hydrogen) atoms. The van der Waals surface area contributed by atoms with E-state index in [1.807, 2.05) is 25.1 Å². The molecule has 180 valence electrons. The molecule has 0 fully saturated rings. The minimum absolute atomic E-state index is 0.183. The lowest BCUT2D eigenvalue weighted by molar-refractivity contribution is -0.113. The van der Waals surface area contributed by atoms with Crippen LogP contribution in [-0.4, -0.2) is 42.5 Å². The van der Waals surface area contributed by atoms with E-state index in [0.29, 0.717) is 34.1 Å². The summed E-state index contributed by atoms with van der Waals surface area (Å²) in [6.45, 7) is 2.12. The molecule has 0 aliphatic heterocycles. The number of pyridine rings is 2. The highest BCUT2D eigenvalue weighted by Gasteiger charge is 2.13. The first-order valence-corrected chi connectivity index (χ1v) is 11.1. The van der Waals surface area contributed by atoms with Gasteiger partial charge in [-0.05, 0) is 79.1 Å². The standard InChI is InChI=1S/C28H24N4O4/c1-19-12-14-30-26(17-19)31-28(34)20-6-9-22(10-7-20)36-25-13-15-29-24-11-8-21(18-23(24)25)32(2)27(33)5-4-16-35-3/h6-15,17-18H,16H2,1-3H3,(H,30,31,34). The average Bonchev–Trinajstić information content (AvgIpc) is 2.88. The van der Waals surface area contributed by atoms with Crippen LogP contribution in [0.2, 0.25) is 0 Å². The van der Waals surface area contributed by atoms with Gasteiger partial charge in [0.1, 0.15) is 23.9 Å². The van der Waals surface area contributed by atoms with Crippen molar-refractivity contribution in [3.8, 4) is 23.3 Å². The molecule has 0 radical (unpaired) electrons. The first kappa shape index (κ1) is 24.4. The summed E-state index contributed by atoms with van der Waals surface area (Å²) in [6, 6.07) is 17.6. The molecule has 0 aliphatic rings. The Hall–Kier alpha value is -4.74. The molecule has 8 nitrogen and oxygen atoms in total. The lowest BCUT2D eigenvalue weighted by Gasteiger charge is -2.16. The number of hydrogen-bond acceptors (Lipinski definition) is 6. The van der Waals surface area contributed by atoms with Crippen molar-refractivity contribution < 1.29 is 19.1 Å². The van der Waals surface area contributed by atoms with Crippen LogP contribution in [0.5, 0.6) is 11.5 Å². The number of benzene rings is 2. The maximum Gasteiger partial charge on any atom is 0.302 e. The van der Waals surface area contributed by atoms with Gasteiger partial charge in [0.2, 0.25) is 0 Å². The number of anilines is 2. The number of aryl methyl sites for hydroxylation is 1. The van der Waals surface area contributed by atoms with Gasteiger partial charge >= 0.3 is 5.91 Å². The number of hydrogen-bond donors (Lipinski definition) is 1. The predicted molar refractivity (Wildman–Crippen MR) is 138 cm³/mol. The Morgan fingerprint density at radius 3 is 2.53 bits per heavy atom. The summed E-state index contributed by atoms with van der Waals surface area (Å²) < 4.78 is 11.0. The Morgan fingerprint density at radius 1 is 1.00 bits per heavy atom. The van der Waals surface area contributed by atoms with Gasteiger partial charge in [-0.25, -0.2) is 4.98 Å². The Kier molecular flexibility index (Phi) is 7.54. The van der Waals surface area contributed by atoms with E-state index in [1.165, 1.54) is 12.0 Å². The highest BCUT2D eigenvalue weighted by atomic mass is 16.5. The van der Waals surface area contributed by atoms with E-state index in [2.05, 4.69) is 27.1 Å². The molecule has 2 aromatic carbocycles. The number of fused-ring (bicyclic) bond motifs is 1. The van der Waals surface area contributed by atoms with Crippen LogP contribution >= 0.6 is 0 Å². The lowest BCUT2D eigenvalue weighted by Crippen LogP contribution is -2.24. The third kappa shape index (κ3) is 5.84. The van der Waals surface area contributed by atoms with Gasteiger partial charge in [0.15, 0.2) is 0 Å². The summed E-state index contributed by atoms with van der Waals surface area (Å²) in [5, 5.41) is 3.51. The van der Waals surface area contributed by atoms with Crippen LogP contribution in [0, 0.1) is 18.8 Å². The van der Waals surface area contributed by atoms with E-state index < -0.39 is 0 Å². The zero-order valence-corrected chi connectivity index (χ0v) is 20.1. The summed E-state index contributed by atoms with van der Waals surface area (Å²) in [4.78, 5) is 34.9. The zero-order chi connectivity index (χ0) is 25.5. The van der Waals surface area contributed by atoms with Crippen molar-refractivity contribution in [2.24, 2.45) is 0 Å². The fourth-order valence-corrected chi connectivity index (χ4v) is 3.39. The van der Waals surface area contributed by atoms with Crippen molar-refractivity contribution in [3.63, 3.8) is 0 Å². The molecule has 0 spiro atoms. The smallest absolute Gasteiger partial charge is 0.302 e. The van der Waals surface area contributed by atoms with Gasteiger partial charge in [-0.2, -0.15) is 0 Å². The topological polar surface area (TPSA) is 93.6 Å². The molecule has 2 amide bonds. The fraction of sp³-hybridized carbons (Fsp3) is 0.143. The van der Waals surface area contributed by atoms with Gasteiger partial charge in [-0.1, -0.05) is 5.92 Å². The number of nitrogens with zero attached hydrogens (tertiary/aromatic N) is 3. The molecule has 0 saturated heterocycles. The van der Waals surface area contributed by atoms with Crippen LogP contribution in [0.25, 0.3) is 10.9 Å². The van der Waals surface area contributed by atoms with Crippen LogP contribution in [-0.2, 0) is 9.53 Å². The largest absolute Gasteiger partial charge is 0.457 e. The van der Waals surface area contributed by atoms with Gasteiger partial charge in [0.25, 0.3) is 5.91 Å². The van der Waals surface area contributed by atoms with Crippen molar-refractivity contribution in [1.82, 2.24) is 9.97 Å². The van der Waals surface area contributed by atoms with E-state index >= 15 is 0 Å². The molecular formula is C28H24N4O4. The third-order valence-corrected chi connectivity index (χ3v) is 5.29. The summed E-state index contributed by atoms with van der Waals surface area (Å²) in [5.41, 5.74) is 2.84. The van der Waals surface area contributed by atoms with Crippen LogP contribution < -0.4 is 15.0 Å². The van der Waals surface area contributed by atoms with E-state index in [9.17, 15) is 9.59 Å². The molecule has 0 bridgehead atoms. The van der Waals surface area contributed by atoms with Crippen molar-refractivity contribution >= 4 is 34.2 Å². The summed E-state index contributed by atoms with van der Waals surface area (Å²) in [5.74, 6) is 6.20. The predicted octanol–water partition coefficient (Wildman–Crippen LogP) is 4.60. The molecule has 0 aliphatic carbocycles. The molecule has 1 N–H and O–H groups in total. The number of nitrogens with one attached hydrogen (secondary N) is 1. The minimum atomic E-state index is -0.354. The Balaban J connectivity index is 1.52. The van der Waals surface area contributed by atoms with Gasteiger partial charge in [-0.3, -0.25) is 14.6 Å². The first-order valence-electron chi connectivity index (χ1n) is 11.1. The van der Waals surface area contributed by atoms with Gasteiger partial charge in [-0.15, -0.1) is 0 Å². The maximum atomic E-state index is 12.6.